The summed E-state index contributed by atoms with van der Waals surface area (Å²) in [6.45, 7) is 0. The van der Waals surface area contributed by atoms with E-state index in [0.717, 1.165) is 0 Å². The van der Waals surface area contributed by atoms with Crippen molar-refractivity contribution in [3.05, 3.63) is 82.5 Å². The van der Waals surface area contributed by atoms with Gasteiger partial charge in [-0.3, -0.25) is 9.59 Å². The summed E-state index contributed by atoms with van der Waals surface area (Å²) in [7, 11) is 6.35. The predicted molar refractivity (Wildman–Crippen MR) is 129 cm³/mol. The highest BCUT2D eigenvalue weighted by Gasteiger charge is 2.22. The smallest absolute Gasteiger partial charge is 0.256 e. The first kappa shape index (κ1) is 22.0. The molecule has 0 bridgehead atoms. The van der Waals surface area contributed by atoms with Gasteiger partial charge in [-0.1, -0.05) is 30.3 Å². The monoisotopic (exact) mass is 444 g/mol. The molecule has 0 atom stereocenters. The fourth-order valence-corrected chi connectivity index (χ4v) is 3.90. The van der Waals surface area contributed by atoms with Gasteiger partial charge in [0.25, 0.3) is 5.91 Å². The number of aryl methyl sites for hydroxylation is 1. The summed E-state index contributed by atoms with van der Waals surface area (Å²) in [5, 5.41) is 3.47. The molecule has 7 nitrogen and oxygen atoms in total. The van der Waals surface area contributed by atoms with Crippen molar-refractivity contribution in [2.75, 3.05) is 26.6 Å². The minimum Gasteiger partial charge on any atom is -0.493 e. The van der Waals surface area contributed by atoms with Crippen molar-refractivity contribution in [1.82, 2.24) is 4.57 Å². The summed E-state index contributed by atoms with van der Waals surface area (Å²) < 4.78 is 18.2. The minimum absolute atomic E-state index is 0.221. The van der Waals surface area contributed by atoms with Crippen molar-refractivity contribution >= 4 is 22.6 Å². The van der Waals surface area contributed by atoms with Gasteiger partial charge in [0, 0.05) is 18.0 Å². The van der Waals surface area contributed by atoms with Crippen LogP contribution in [0.15, 0.2) is 71.5 Å². The zero-order valence-corrected chi connectivity index (χ0v) is 18.8. The van der Waals surface area contributed by atoms with Crippen LogP contribution in [0.3, 0.4) is 0 Å². The Morgan fingerprint density at radius 2 is 1.45 bits per heavy atom. The number of hydrogen-bond acceptors (Lipinski definition) is 5. The Balaban J connectivity index is 2.02. The summed E-state index contributed by atoms with van der Waals surface area (Å²) in [6.07, 6.45) is 0. The third-order valence-corrected chi connectivity index (χ3v) is 5.53. The maximum absolute atomic E-state index is 13.7. The van der Waals surface area contributed by atoms with Gasteiger partial charge in [0.2, 0.25) is 5.75 Å². The van der Waals surface area contributed by atoms with E-state index in [0.29, 0.717) is 50.7 Å². The highest BCUT2D eigenvalue weighted by Crippen LogP contribution is 2.42. The van der Waals surface area contributed by atoms with Crippen LogP contribution in [0.5, 0.6) is 17.2 Å². The average molecular weight is 444 g/mol. The van der Waals surface area contributed by atoms with Gasteiger partial charge in [-0.15, -0.1) is 0 Å². The lowest BCUT2D eigenvalue weighted by Gasteiger charge is -2.20. The molecule has 0 radical (unpaired) electrons. The molecule has 0 aliphatic carbocycles. The van der Waals surface area contributed by atoms with Crippen molar-refractivity contribution in [2.24, 2.45) is 7.05 Å². The maximum Gasteiger partial charge on any atom is 0.256 e. The number of rotatable bonds is 6. The molecule has 0 unspecified atom stereocenters. The number of anilines is 1. The maximum atomic E-state index is 13.7. The molecule has 1 heterocycles. The quantitative estimate of drug-likeness (QED) is 0.474. The number of amides is 1. The summed E-state index contributed by atoms with van der Waals surface area (Å²) in [6, 6.07) is 19.5. The Labute approximate surface area is 191 Å². The molecule has 0 aliphatic rings. The second-order valence-electron chi connectivity index (χ2n) is 7.36. The Hall–Kier alpha value is -4.26. The Morgan fingerprint density at radius 1 is 0.848 bits per heavy atom. The van der Waals surface area contributed by atoms with Gasteiger partial charge < -0.3 is 24.1 Å². The molecule has 0 saturated carbocycles. The van der Waals surface area contributed by atoms with Gasteiger partial charge in [0.05, 0.1) is 32.4 Å². The zero-order valence-electron chi connectivity index (χ0n) is 18.8. The molecule has 0 saturated heterocycles. The first-order valence-corrected chi connectivity index (χ1v) is 10.3. The first-order chi connectivity index (χ1) is 16.0. The van der Waals surface area contributed by atoms with E-state index >= 15 is 0 Å². The highest BCUT2D eigenvalue weighted by molar-refractivity contribution is 6.07. The minimum atomic E-state index is -0.324. The SMILES string of the molecule is COc1cc(-c2c(NC(=O)c3ccccc3)n(C)c3ccccc3c2=O)cc(OC)c1OC. The van der Waals surface area contributed by atoms with E-state index in [1.165, 1.54) is 21.3 Å². The normalized spacial score (nSPS) is 10.7. The van der Waals surface area contributed by atoms with Crippen molar-refractivity contribution in [1.29, 1.82) is 0 Å². The van der Waals surface area contributed by atoms with E-state index in [-0.39, 0.29) is 11.3 Å². The van der Waals surface area contributed by atoms with E-state index in [9.17, 15) is 9.59 Å². The van der Waals surface area contributed by atoms with Gasteiger partial charge in [0.15, 0.2) is 16.9 Å². The van der Waals surface area contributed by atoms with Crippen LogP contribution in [0.25, 0.3) is 22.0 Å². The van der Waals surface area contributed by atoms with Crippen molar-refractivity contribution in [3.63, 3.8) is 0 Å². The largest absolute Gasteiger partial charge is 0.493 e. The molecular formula is C26H24N2O5. The number of carbonyl (C=O) groups excluding carboxylic acids is 1. The number of methoxy groups -OCH3 is 3. The number of fused-ring (bicyclic) bond motifs is 1. The summed E-state index contributed by atoms with van der Waals surface area (Å²) in [5.74, 6) is 1.26. The van der Waals surface area contributed by atoms with Crippen LogP contribution in [0.4, 0.5) is 5.82 Å². The molecule has 0 fully saturated rings. The second kappa shape index (κ2) is 9.08. The van der Waals surface area contributed by atoms with Crippen LogP contribution >= 0.6 is 0 Å². The molecular weight excluding hydrogens is 420 g/mol. The van der Waals surface area contributed by atoms with Crippen molar-refractivity contribution in [3.8, 4) is 28.4 Å². The summed E-state index contributed by atoms with van der Waals surface area (Å²) in [5.41, 5.74) is 1.80. The zero-order chi connectivity index (χ0) is 23.5. The van der Waals surface area contributed by atoms with Crippen LogP contribution in [0, 0.1) is 0 Å². The lowest BCUT2D eigenvalue weighted by Crippen LogP contribution is -2.21. The van der Waals surface area contributed by atoms with E-state index in [1.807, 2.05) is 31.3 Å². The number of carbonyl (C=O) groups is 1. The molecule has 1 amide bonds. The van der Waals surface area contributed by atoms with Crippen molar-refractivity contribution < 1.29 is 19.0 Å². The molecule has 33 heavy (non-hydrogen) atoms. The lowest BCUT2D eigenvalue weighted by molar-refractivity contribution is 0.102. The van der Waals surface area contributed by atoms with Gasteiger partial charge >= 0.3 is 0 Å². The number of nitrogens with zero attached hydrogens (tertiary/aromatic N) is 1. The van der Waals surface area contributed by atoms with Crippen LogP contribution in [0.2, 0.25) is 0 Å². The number of pyridine rings is 1. The van der Waals surface area contributed by atoms with Crippen LogP contribution in [0.1, 0.15) is 10.4 Å². The predicted octanol–water partition coefficient (Wildman–Crippen LogP) is 4.48. The first-order valence-electron chi connectivity index (χ1n) is 10.3. The third-order valence-electron chi connectivity index (χ3n) is 5.53. The topological polar surface area (TPSA) is 78.8 Å². The Morgan fingerprint density at radius 3 is 2.06 bits per heavy atom. The fourth-order valence-electron chi connectivity index (χ4n) is 3.90. The molecule has 4 rings (SSSR count). The summed E-state index contributed by atoms with van der Waals surface area (Å²) >= 11 is 0. The van der Waals surface area contributed by atoms with Gasteiger partial charge in [0.1, 0.15) is 5.82 Å². The van der Waals surface area contributed by atoms with Crippen LogP contribution in [-0.4, -0.2) is 31.8 Å². The number of benzene rings is 3. The molecule has 3 aromatic carbocycles. The van der Waals surface area contributed by atoms with Gasteiger partial charge in [-0.05, 0) is 42.0 Å². The molecule has 168 valence electrons. The van der Waals surface area contributed by atoms with E-state index in [2.05, 4.69) is 5.32 Å². The molecule has 0 aliphatic heterocycles. The summed E-state index contributed by atoms with van der Waals surface area (Å²) in [4.78, 5) is 26.7. The molecule has 0 spiro atoms. The molecule has 7 heteroatoms. The second-order valence-corrected chi connectivity index (χ2v) is 7.36. The number of aromatic nitrogens is 1. The number of nitrogens with one attached hydrogen (secondary N) is 1. The average Bonchev–Trinajstić information content (AvgIpc) is 2.86. The Bertz CT molecular complexity index is 1370. The fraction of sp³-hybridized carbons (Fsp3) is 0.154. The number of hydrogen-bond donors (Lipinski definition) is 1. The van der Waals surface area contributed by atoms with E-state index in [1.54, 1.807) is 47.0 Å². The molecule has 1 aromatic heterocycles. The standard InChI is InChI=1S/C26H24N2O5/c1-28-19-13-9-8-12-18(19)23(29)22(25(28)27-26(30)16-10-6-5-7-11-16)17-14-20(31-2)24(33-4)21(15-17)32-3/h5-15H,1-4H3,(H,27,30). The van der Waals surface area contributed by atoms with Gasteiger partial charge in [-0.2, -0.15) is 0 Å². The Kier molecular flexibility index (Phi) is 6.04. The third kappa shape index (κ3) is 3.89. The number of para-hydroxylation sites is 1. The molecule has 4 aromatic rings. The van der Waals surface area contributed by atoms with E-state index < -0.39 is 0 Å². The van der Waals surface area contributed by atoms with Crippen molar-refractivity contribution in [2.45, 2.75) is 0 Å². The van der Waals surface area contributed by atoms with Crippen LogP contribution < -0.4 is 25.0 Å². The lowest BCUT2D eigenvalue weighted by atomic mass is 10.0. The molecule has 1 N–H and O–H groups in total. The van der Waals surface area contributed by atoms with Gasteiger partial charge in [-0.25, -0.2) is 0 Å². The van der Waals surface area contributed by atoms with E-state index in [4.69, 9.17) is 14.2 Å². The number of ether oxygens (including phenoxy) is 3. The van der Waals surface area contributed by atoms with Crippen LogP contribution in [-0.2, 0) is 7.05 Å². The highest BCUT2D eigenvalue weighted by atomic mass is 16.5.